The molecule has 0 amide bonds. The van der Waals surface area contributed by atoms with Gasteiger partial charge in [0.1, 0.15) is 0 Å². The summed E-state index contributed by atoms with van der Waals surface area (Å²) in [5.41, 5.74) is 7.02. The molecule has 0 bridgehead atoms. The topological polar surface area (TPSA) is 56.7 Å². The van der Waals surface area contributed by atoms with E-state index in [9.17, 15) is 0 Å². The van der Waals surface area contributed by atoms with E-state index < -0.39 is 0 Å². The molecule has 17 heavy (non-hydrogen) atoms. The molecule has 4 nitrogen and oxygen atoms in total. The third-order valence-electron chi connectivity index (χ3n) is 4.04. The highest BCUT2D eigenvalue weighted by molar-refractivity contribution is 5.35. The van der Waals surface area contributed by atoms with E-state index in [-0.39, 0.29) is 0 Å². The minimum atomic E-state index is 0.397. The maximum atomic E-state index is 5.91. The van der Waals surface area contributed by atoms with E-state index in [1.165, 1.54) is 32.1 Å². The first kappa shape index (κ1) is 12.4. The first-order valence-electron chi connectivity index (χ1n) is 6.84. The van der Waals surface area contributed by atoms with Crippen LogP contribution in [0.25, 0.3) is 0 Å². The fraction of sp³-hybridized carbons (Fsp3) is 0.846. The van der Waals surface area contributed by atoms with Crippen LogP contribution in [-0.4, -0.2) is 15.0 Å². The average Bonchev–Trinajstić information content (AvgIpc) is 2.71. The van der Waals surface area contributed by atoms with Crippen molar-refractivity contribution in [3.05, 3.63) is 5.69 Å². The molecule has 0 aliphatic heterocycles. The highest BCUT2D eigenvalue weighted by atomic mass is 15.5. The number of anilines is 1. The summed E-state index contributed by atoms with van der Waals surface area (Å²) >= 11 is 0. The summed E-state index contributed by atoms with van der Waals surface area (Å²) in [5, 5.41) is 8.30. The van der Waals surface area contributed by atoms with E-state index in [0.29, 0.717) is 17.8 Å². The van der Waals surface area contributed by atoms with Crippen molar-refractivity contribution in [2.24, 2.45) is 5.92 Å². The molecule has 1 fully saturated rings. The van der Waals surface area contributed by atoms with Crippen molar-refractivity contribution in [2.45, 2.75) is 64.8 Å². The molecule has 2 rings (SSSR count). The number of hydrogen-bond acceptors (Lipinski definition) is 3. The Hall–Kier alpha value is -1.06. The Bertz CT molecular complexity index is 361. The summed E-state index contributed by atoms with van der Waals surface area (Å²) < 4.78 is 2.09. The van der Waals surface area contributed by atoms with Crippen LogP contribution in [0.15, 0.2) is 0 Å². The second-order valence-corrected chi connectivity index (χ2v) is 5.54. The fourth-order valence-electron chi connectivity index (χ4n) is 2.94. The molecule has 1 aliphatic carbocycles. The Kier molecular flexibility index (Phi) is 3.69. The van der Waals surface area contributed by atoms with Gasteiger partial charge in [-0.15, -0.1) is 5.10 Å². The number of nitrogens with zero attached hydrogens (tertiary/aromatic N) is 3. The van der Waals surface area contributed by atoms with Gasteiger partial charge >= 0.3 is 0 Å². The zero-order chi connectivity index (χ0) is 12.4. The summed E-state index contributed by atoms with van der Waals surface area (Å²) in [6.45, 7) is 6.60. The van der Waals surface area contributed by atoms with Crippen molar-refractivity contribution in [3.63, 3.8) is 0 Å². The summed E-state index contributed by atoms with van der Waals surface area (Å²) in [5.74, 6) is 1.92. The van der Waals surface area contributed by atoms with Crippen molar-refractivity contribution in [1.29, 1.82) is 0 Å². The lowest BCUT2D eigenvalue weighted by atomic mass is 9.84. The van der Waals surface area contributed by atoms with Gasteiger partial charge in [0.25, 0.3) is 0 Å². The summed E-state index contributed by atoms with van der Waals surface area (Å²) in [4.78, 5) is 0. The Morgan fingerprint density at radius 1 is 1.29 bits per heavy atom. The van der Waals surface area contributed by atoms with Gasteiger partial charge in [0, 0.05) is 0 Å². The highest BCUT2D eigenvalue weighted by Gasteiger charge is 2.25. The van der Waals surface area contributed by atoms with Gasteiger partial charge in [-0.2, -0.15) is 0 Å². The van der Waals surface area contributed by atoms with Crippen LogP contribution in [0.5, 0.6) is 0 Å². The largest absolute Gasteiger partial charge is 0.381 e. The Morgan fingerprint density at radius 2 is 1.94 bits per heavy atom. The van der Waals surface area contributed by atoms with Crippen LogP contribution < -0.4 is 5.73 Å². The van der Waals surface area contributed by atoms with Crippen molar-refractivity contribution in [3.8, 4) is 0 Å². The minimum absolute atomic E-state index is 0.397. The number of nitrogen functional groups attached to an aromatic ring is 1. The van der Waals surface area contributed by atoms with Gasteiger partial charge < -0.3 is 5.73 Å². The summed E-state index contributed by atoms with van der Waals surface area (Å²) in [6.07, 6.45) is 6.39. The standard InChI is InChI=1S/C13H24N4/c1-4-10-5-7-11(8-6-10)17-12(9(2)3)13(14)15-16-17/h9-11H,4-8,14H2,1-3H3. The van der Waals surface area contributed by atoms with Gasteiger partial charge in [-0.05, 0) is 37.5 Å². The lowest BCUT2D eigenvalue weighted by molar-refractivity contribution is 0.248. The molecule has 0 atom stereocenters. The van der Waals surface area contributed by atoms with E-state index >= 15 is 0 Å². The predicted octanol–water partition coefficient (Wildman–Crippen LogP) is 3.13. The third kappa shape index (κ3) is 2.45. The lowest BCUT2D eigenvalue weighted by Crippen LogP contribution is -2.21. The van der Waals surface area contributed by atoms with Gasteiger partial charge in [-0.25, -0.2) is 4.68 Å². The SMILES string of the molecule is CCC1CCC(n2nnc(N)c2C(C)C)CC1. The zero-order valence-corrected chi connectivity index (χ0v) is 11.2. The first-order chi connectivity index (χ1) is 8.13. The van der Waals surface area contributed by atoms with E-state index in [4.69, 9.17) is 5.73 Å². The van der Waals surface area contributed by atoms with Crippen LogP contribution in [0.3, 0.4) is 0 Å². The maximum Gasteiger partial charge on any atom is 0.169 e. The molecule has 0 aromatic carbocycles. The Morgan fingerprint density at radius 3 is 2.47 bits per heavy atom. The van der Waals surface area contributed by atoms with Gasteiger partial charge in [0.15, 0.2) is 5.82 Å². The number of aromatic nitrogens is 3. The van der Waals surface area contributed by atoms with Crippen molar-refractivity contribution in [1.82, 2.24) is 15.0 Å². The first-order valence-corrected chi connectivity index (χ1v) is 6.84. The molecular formula is C13H24N4. The maximum absolute atomic E-state index is 5.91. The fourth-order valence-corrected chi connectivity index (χ4v) is 2.94. The van der Waals surface area contributed by atoms with Crippen molar-refractivity contribution >= 4 is 5.82 Å². The predicted molar refractivity (Wildman–Crippen MR) is 69.8 cm³/mol. The molecule has 2 N–H and O–H groups in total. The van der Waals surface area contributed by atoms with Crippen LogP contribution in [0.4, 0.5) is 5.82 Å². The molecule has 1 aromatic rings. The molecule has 1 heterocycles. The number of hydrogen-bond donors (Lipinski definition) is 1. The molecular weight excluding hydrogens is 212 g/mol. The molecule has 0 unspecified atom stereocenters. The zero-order valence-electron chi connectivity index (χ0n) is 11.2. The second-order valence-electron chi connectivity index (χ2n) is 5.54. The average molecular weight is 236 g/mol. The van der Waals surface area contributed by atoms with Gasteiger partial charge in [0.2, 0.25) is 0 Å². The molecule has 1 saturated carbocycles. The second kappa shape index (κ2) is 5.07. The number of nitrogens with two attached hydrogens (primary N) is 1. The molecule has 0 spiro atoms. The quantitative estimate of drug-likeness (QED) is 0.877. The van der Waals surface area contributed by atoms with E-state index in [2.05, 4.69) is 35.8 Å². The lowest BCUT2D eigenvalue weighted by Gasteiger charge is -2.29. The van der Waals surface area contributed by atoms with Crippen molar-refractivity contribution < 1.29 is 0 Å². The van der Waals surface area contributed by atoms with Gasteiger partial charge in [0.05, 0.1) is 11.7 Å². The molecule has 0 radical (unpaired) electrons. The summed E-state index contributed by atoms with van der Waals surface area (Å²) in [7, 11) is 0. The number of rotatable bonds is 3. The molecule has 96 valence electrons. The van der Waals surface area contributed by atoms with E-state index in [1.807, 2.05) is 0 Å². The van der Waals surface area contributed by atoms with Gasteiger partial charge in [-0.3, -0.25) is 0 Å². The molecule has 1 aliphatic rings. The summed E-state index contributed by atoms with van der Waals surface area (Å²) in [6, 6.07) is 0.514. The Balaban J connectivity index is 2.13. The van der Waals surface area contributed by atoms with E-state index in [1.54, 1.807) is 0 Å². The van der Waals surface area contributed by atoms with Crippen LogP contribution in [0, 0.1) is 5.92 Å². The van der Waals surface area contributed by atoms with Crippen LogP contribution in [-0.2, 0) is 0 Å². The smallest absolute Gasteiger partial charge is 0.169 e. The normalized spacial score (nSPS) is 25.4. The highest BCUT2D eigenvalue weighted by Crippen LogP contribution is 2.35. The van der Waals surface area contributed by atoms with Crippen LogP contribution in [0.2, 0.25) is 0 Å². The Labute approximate surface area is 104 Å². The monoisotopic (exact) mass is 236 g/mol. The third-order valence-corrected chi connectivity index (χ3v) is 4.04. The molecule has 0 saturated heterocycles. The molecule has 4 heteroatoms. The van der Waals surface area contributed by atoms with Crippen LogP contribution >= 0.6 is 0 Å². The van der Waals surface area contributed by atoms with Gasteiger partial charge in [-0.1, -0.05) is 32.4 Å². The van der Waals surface area contributed by atoms with Crippen LogP contribution in [0.1, 0.15) is 70.5 Å². The van der Waals surface area contributed by atoms with E-state index in [0.717, 1.165) is 11.6 Å². The van der Waals surface area contributed by atoms with Crippen molar-refractivity contribution in [2.75, 3.05) is 5.73 Å². The molecule has 1 aromatic heterocycles. The minimum Gasteiger partial charge on any atom is -0.381 e.